The van der Waals surface area contributed by atoms with Gasteiger partial charge in [-0.1, -0.05) is 20.3 Å². The molecule has 0 aromatic carbocycles. The molecule has 0 aliphatic heterocycles. The first kappa shape index (κ1) is 10.7. The minimum absolute atomic E-state index is 0.147. The van der Waals surface area contributed by atoms with E-state index in [2.05, 4.69) is 28.8 Å². The van der Waals surface area contributed by atoms with Crippen LogP contribution in [-0.4, -0.2) is 15.0 Å². The second-order valence-corrected chi connectivity index (χ2v) is 4.11. The van der Waals surface area contributed by atoms with E-state index in [4.69, 9.17) is 5.73 Å². The number of nitrogens with two attached hydrogens (primary N) is 1. The number of fused-ring (bicyclic) bond motifs is 1. The van der Waals surface area contributed by atoms with Gasteiger partial charge in [-0.05, 0) is 17.9 Å². The summed E-state index contributed by atoms with van der Waals surface area (Å²) in [6.07, 6.45) is 4.00. The van der Waals surface area contributed by atoms with Crippen LogP contribution >= 0.6 is 0 Å². The van der Waals surface area contributed by atoms with E-state index in [1.165, 1.54) is 0 Å². The normalized spacial score (nSPS) is 13.1. The second kappa shape index (κ2) is 4.00. The summed E-state index contributed by atoms with van der Waals surface area (Å²) in [5, 5.41) is 0.634. The fourth-order valence-electron chi connectivity index (χ4n) is 2.06. The zero-order valence-electron chi connectivity index (χ0n) is 9.50. The summed E-state index contributed by atoms with van der Waals surface area (Å²) in [4.78, 5) is 21.4. The van der Waals surface area contributed by atoms with Crippen LogP contribution in [-0.2, 0) is 0 Å². The molecule has 1 unspecified atom stereocenters. The number of anilines is 1. The molecule has 16 heavy (non-hydrogen) atoms. The molecule has 0 aliphatic rings. The van der Waals surface area contributed by atoms with Gasteiger partial charge in [0.05, 0.1) is 5.39 Å². The van der Waals surface area contributed by atoms with Gasteiger partial charge in [0.15, 0.2) is 0 Å². The zero-order chi connectivity index (χ0) is 11.7. The lowest BCUT2D eigenvalue weighted by atomic mass is 9.97. The third-order valence-electron chi connectivity index (χ3n) is 2.84. The third kappa shape index (κ3) is 1.68. The van der Waals surface area contributed by atoms with Crippen LogP contribution < -0.4 is 11.3 Å². The summed E-state index contributed by atoms with van der Waals surface area (Å²) in [7, 11) is 0. The van der Waals surface area contributed by atoms with Crippen molar-refractivity contribution in [3.05, 3.63) is 22.1 Å². The van der Waals surface area contributed by atoms with Gasteiger partial charge < -0.3 is 10.7 Å². The van der Waals surface area contributed by atoms with Crippen LogP contribution in [0.15, 0.2) is 11.0 Å². The van der Waals surface area contributed by atoms with E-state index in [0.717, 1.165) is 18.4 Å². The average Bonchev–Trinajstić information content (AvgIpc) is 2.61. The third-order valence-corrected chi connectivity index (χ3v) is 2.84. The van der Waals surface area contributed by atoms with Crippen LogP contribution in [0.5, 0.6) is 0 Å². The Morgan fingerprint density at radius 1 is 1.56 bits per heavy atom. The summed E-state index contributed by atoms with van der Waals surface area (Å²) in [6.45, 7) is 4.24. The van der Waals surface area contributed by atoms with Crippen molar-refractivity contribution in [1.82, 2.24) is 15.0 Å². The number of nitrogens with zero attached hydrogens (tertiary/aromatic N) is 1. The molecule has 4 N–H and O–H groups in total. The van der Waals surface area contributed by atoms with Crippen LogP contribution in [0.2, 0.25) is 0 Å². The van der Waals surface area contributed by atoms with Crippen LogP contribution in [0.1, 0.15) is 38.2 Å². The number of H-pyrrole nitrogens is 2. The number of hydrogen-bond donors (Lipinski definition) is 3. The highest BCUT2D eigenvalue weighted by molar-refractivity contribution is 5.80. The first-order chi connectivity index (χ1) is 7.63. The minimum Gasteiger partial charge on any atom is -0.369 e. The van der Waals surface area contributed by atoms with E-state index in [9.17, 15) is 4.79 Å². The van der Waals surface area contributed by atoms with E-state index in [-0.39, 0.29) is 11.5 Å². The van der Waals surface area contributed by atoms with Gasteiger partial charge in [-0.15, -0.1) is 0 Å². The maximum Gasteiger partial charge on any atom is 0.262 e. The number of hydrogen-bond acceptors (Lipinski definition) is 3. The van der Waals surface area contributed by atoms with Crippen molar-refractivity contribution in [3.8, 4) is 0 Å². The van der Waals surface area contributed by atoms with Crippen LogP contribution in [0, 0.1) is 0 Å². The van der Waals surface area contributed by atoms with Gasteiger partial charge in [-0.3, -0.25) is 9.78 Å². The molecule has 2 heterocycles. The quantitative estimate of drug-likeness (QED) is 0.736. The standard InChI is InChI=1S/C11H16N4O/c1-3-4-6(2)7-5-13-9-8(7)10(16)15-11(12)14-9/h5-6H,3-4H2,1-2H3,(H4,12,13,14,15,16). The molecule has 86 valence electrons. The van der Waals surface area contributed by atoms with Crippen molar-refractivity contribution in [2.45, 2.75) is 32.6 Å². The Labute approximate surface area is 93.1 Å². The lowest BCUT2D eigenvalue weighted by Crippen LogP contribution is -2.12. The van der Waals surface area contributed by atoms with E-state index in [1.807, 2.05) is 6.20 Å². The Morgan fingerprint density at radius 3 is 3.00 bits per heavy atom. The Balaban J connectivity index is 2.60. The highest BCUT2D eigenvalue weighted by Crippen LogP contribution is 2.25. The molecule has 2 rings (SSSR count). The first-order valence-corrected chi connectivity index (χ1v) is 5.50. The number of nitrogens with one attached hydrogen (secondary N) is 2. The van der Waals surface area contributed by atoms with E-state index in [1.54, 1.807) is 0 Å². The summed E-state index contributed by atoms with van der Waals surface area (Å²) >= 11 is 0. The summed E-state index contributed by atoms with van der Waals surface area (Å²) < 4.78 is 0. The predicted octanol–water partition coefficient (Wildman–Crippen LogP) is 1.74. The lowest BCUT2D eigenvalue weighted by molar-refractivity contribution is 0.668. The lowest BCUT2D eigenvalue weighted by Gasteiger charge is -2.07. The highest BCUT2D eigenvalue weighted by atomic mass is 16.1. The Hall–Kier alpha value is -1.78. The van der Waals surface area contributed by atoms with Gasteiger partial charge in [0.25, 0.3) is 5.56 Å². The molecule has 0 bridgehead atoms. The smallest absolute Gasteiger partial charge is 0.262 e. The molecule has 0 aliphatic carbocycles. The molecule has 5 nitrogen and oxygen atoms in total. The molecule has 2 aromatic heterocycles. The molecule has 0 amide bonds. The van der Waals surface area contributed by atoms with Gasteiger partial charge in [-0.25, -0.2) is 0 Å². The topological polar surface area (TPSA) is 87.6 Å². The number of aromatic nitrogens is 3. The maximum atomic E-state index is 11.8. The number of rotatable bonds is 3. The largest absolute Gasteiger partial charge is 0.369 e. The molecule has 0 saturated heterocycles. The van der Waals surface area contributed by atoms with Crippen molar-refractivity contribution < 1.29 is 0 Å². The van der Waals surface area contributed by atoms with Crippen molar-refractivity contribution in [2.75, 3.05) is 5.73 Å². The van der Waals surface area contributed by atoms with Crippen LogP contribution in [0.3, 0.4) is 0 Å². The SMILES string of the molecule is CCCC(C)c1c[nH]c2nc(N)[nH]c(=O)c12. The fourth-order valence-corrected chi connectivity index (χ4v) is 2.06. The maximum absolute atomic E-state index is 11.8. The number of nitrogen functional groups attached to an aromatic ring is 1. The van der Waals surface area contributed by atoms with Gasteiger partial charge in [-0.2, -0.15) is 4.98 Å². The monoisotopic (exact) mass is 220 g/mol. The highest BCUT2D eigenvalue weighted by Gasteiger charge is 2.14. The van der Waals surface area contributed by atoms with E-state index >= 15 is 0 Å². The zero-order valence-corrected chi connectivity index (χ0v) is 9.50. The summed E-state index contributed by atoms with van der Waals surface area (Å²) in [6, 6.07) is 0. The van der Waals surface area contributed by atoms with Crippen molar-refractivity contribution in [3.63, 3.8) is 0 Å². The molecular formula is C11H16N4O. The van der Waals surface area contributed by atoms with Crippen molar-refractivity contribution in [2.24, 2.45) is 0 Å². The Bertz CT molecular complexity index is 555. The van der Waals surface area contributed by atoms with Crippen LogP contribution in [0.4, 0.5) is 5.95 Å². The average molecular weight is 220 g/mol. The molecular weight excluding hydrogens is 204 g/mol. The Morgan fingerprint density at radius 2 is 2.31 bits per heavy atom. The molecule has 2 aromatic rings. The van der Waals surface area contributed by atoms with Gasteiger partial charge in [0.1, 0.15) is 5.65 Å². The molecule has 0 saturated carbocycles. The second-order valence-electron chi connectivity index (χ2n) is 4.11. The molecule has 0 fully saturated rings. The molecule has 5 heteroatoms. The Kier molecular flexibility index (Phi) is 2.68. The van der Waals surface area contributed by atoms with E-state index < -0.39 is 0 Å². The fraction of sp³-hybridized carbons (Fsp3) is 0.455. The van der Waals surface area contributed by atoms with Gasteiger partial charge in [0, 0.05) is 6.20 Å². The summed E-state index contributed by atoms with van der Waals surface area (Å²) in [5.74, 6) is 0.499. The summed E-state index contributed by atoms with van der Waals surface area (Å²) in [5.41, 5.74) is 6.90. The van der Waals surface area contributed by atoms with Gasteiger partial charge in [0.2, 0.25) is 5.95 Å². The van der Waals surface area contributed by atoms with Crippen molar-refractivity contribution in [1.29, 1.82) is 0 Å². The predicted molar refractivity (Wildman–Crippen MR) is 64.4 cm³/mol. The van der Waals surface area contributed by atoms with E-state index in [0.29, 0.717) is 17.0 Å². The van der Waals surface area contributed by atoms with Gasteiger partial charge >= 0.3 is 0 Å². The van der Waals surface area contributed by atoms with Crippen molar-refractivity contribution >= 4 is 17.0 Å². The molecule has 0 radical (unpaired) electrons. The number of aromatic amines is 2. The first-order valence-electron chi connectivity index (χ1n) is 5.50. The molecule has 1 atom stereocenters. The minimum atomic E-state index is -0.165. The molecule has 0 spiro atoms. The van der Waals surface area contributed by atoms with Crippen LogP contribution in [0.25, 0.3) is 11.0 Å².